The van der Waals surface area contributed by atoms with E-state index in [2.05, 4.69) is 19.2 Å². The number of likely N-dealkylation sites (tertiary alicyclic amines) is 1. The molecule has 0 aromatic carbocycles. The molecule has 1 aliphatic carbocycles. The van der Waals surface area contributed by atoms with Crippen molar-refractivity contribution in [2.75, 3.05) is 13.6 Å². The molecular weight excluding hydrogens is 224 g/mol. The average molecular weight is 252 g/mol. The van der Waals surface area contributed by atoms with Gasteiger partial charge in [0.25, 0.3) is 0 Å². The summed E-state index contributed by atoms with van der Waals surface area (Å²) in [5.74, 6) is 1.96. The van der Waals surface area contributed by atoms with Crippen LogP contribution in [0.5, 0.6) is 0 Å². The molecule has 18 heavy (non-hydrogen) atoms. The van der Waals surface area contributed by atoms with Gasteiger partial charge in [-0.25, -0.2) is 0 Å². The highest BCUT2D eigenvalue weighted by atomic mass is 16.2. The Morgan fingerprint density at radius 3 is 2.72 bits per heavy atom. The Balaban J connectivity index is 1.81. The van der Waals surface area contributed by atoms with Crippen LogP contribution in [0.15, 0.2) is 0 Å². The first-order valence-electron chi connectivity index (χ1n) is 7.57. The minimum atomic E-state index is 0.0952. The van der Waals surface area contributed by atoms with E-state index in [0.717, 1.165) is 24.8 Å². The minimum Gasteiger partial charge on any atom is -0.344 e. The lowest BCUT2D eigenvalue weighted by molar-refractivity contribution is -0.128. The summed E-state index contributed by atoms with van der Waals surface area (Å²) in [6, 6.07) is 0.667. The second kappa shape index (κ2) is 6.05. The fraction of sp³-hybridized carbons (Fsp3) is 0.933. The molecule has 0 bridgehead atoms. The lowest BCUT2D eigenvalue weighted by atomic mass is 9.81. The van der Waals surface area contributed by atoms with Gasteiger partial charge in [0.1, 0.15) is 0 Å². The molecule has 1 heterocycles. The standard InChI is InChI=1S/C15H28N2O/c1-11(2)9-12-5-4-6-13(10-12)16-14-7-8-17(3)15(14)18/h11-14,16H,4-10H2,1-3H3. The molecule has 1 aliphatic heterocycles. The quantitative estimate of drug-likeness (QED) is 0.833. The summed E-state index contributed by atoms with van der Waals surface area (Å²) in [6.07, 6.45) is 7.56. The molecule has 1 saturated carbocycles. The topological polar surface area (TPSA) is 32.3 Å². The highest BCUT2D eigenvalue weighted by molar-refractivity contribution is 5.83. The van der Waals surface area contributed by atoms with Crippen LogP contribution in [0.25, 0.3) is 0 Å². The first-order chi connectivity index (χ1) is 8.56. The van der Waals surface area contributed by atoms with Gasteiger partial charge in [-0.3, -0.25) is 4.79 Å². The van der Waals surface area contributed by atoms with Gasteiger partial charge in [-0.05, 0) is 37.5 Å². The molecule has 2 fully saturated rings. The number of nitrogens with zero attached hydrogens (tertiary/aromatic N) is 1. The number of carbonyl (C=O) groups is 1. The number of nitrogens with one attached hydrogen (secondary N) is 1. The Kier molecular flexibility index (Phi) is 4.66. The van der Waals surface area contributed by atoms with Crippen molar-refractivity contribution >= 4 is 5.91 Å². The molecule has 1 N–H and O–H groups in total. The third-order valence-electron chi connectivity index (χ3n) is 4.45. The molecule has 0 aromatic heterocycles. The molecular formula is C15H28N2O. The molecule has 2 rings (SSSR count). The smallest absolute Gasteiger partial charge is 0.239 e. The van der Waals surface area contributed by atoms with Crippen molar-refractivity contribution < 1.29 is 4.79 Å². The third-order valence-corrected chi connectivity index (χ3v) is 4.45. The molecule has 3 heteroatoms. The van der Waals surface area contributed by atoms with Crippen molar-refractivity contribution in [3.63, 3.8) is 0 Å². The summed E-state index contributed by atoms with van der Waals surface area (Å²) in [5, 5.41) is 3.61. The second-order valence-corrected chi connectivity index (χ2v) is 6.63. The summed E-state index contributed by atoms with van der Waals surface area (Å²) >= 11 is 0. The van der Waals surface area contributed by atoms with Gasteiger partial charge in [0.05, 0.1) is 6.04 Å². The van der Waals surface area contributed by atoms with Crippen LogP contribution in [0.1, 0.15) is 52.4 Å². The summed E-state index contributed by atoms with van der Waals surface area (Å²) in [4.78, 5) is 13.8. The zero-order chi connectivity index (χ0) is 13.1. The Bertz CT molecular complexity index is 290. The highest BCUT2D eigenvalue weighted by Gasteiger charge is 2.32. The first kappa shape index (κ1) is 13.9. The minimum absolute atomic E-state index is 0.0952. The van der Waals surface area contributed by atoms with Gasteiger partial charge in [-0.15, -0.1) is 0 Å². The maximum Gasteiger partial charge on any atom is 0.239 e. The van der Waals surface area contributed by atoms with Gasteiger partial charge in [-0.2, -0.15) is 0 Å². The van der Waals surface area contributed by atoms with E-state index in [4.69, 9.17) is 0 Å². The van der Waals surface area contributed by atoms with Gasteiger partial charge in [0.15, 0.2) is 0 Å². The SMILES string of the molecule is CC(C)CC1CCCC(NC2CCN(C)C2=O)C1. The van der Waals surface area contributed by atoms with Crippen LogP contribution in [0.2, 0.25) is 0 Å². The molecule has 0 spiro atoms. The van der Waals surface area contributed by atoms with Crippen LogP contribution in [-0.2, 0) is 4.79 Å². The molecule has 0 radical (unpaired) electrons. The largest absolute Gasteiger partial charge is 0.344 e. The van der Waals surface area contributed by atoms with E-state index in [1.807, 2.05) is 11.9 Å². The number of hydrogen-bond acceptors (Lipinski definition) is 2. The van der Waals surface area contributed by atoms with E-state index < -0.39 is 0 Å². The van der Waals surface area contributed by atoms with Crippen LogP contribution in [0.3, 0.4) is 0 Å². The number of amides is 1. The van der Waals surface area contributed by atoms with Crippen LogP contribution in [-0.4, -0.2) is 36.5 Å². The molecule has 2 aliphatic rings. The number of likely N-dealkylation sites (N-methyl/N-ethyl adjacent to an activating group) is 1. The fourth-order valence-electron chi connectivity index (χ4n) is 3.58. The van der Waals surface area contributed by atoms with E-state index in [-0.39, 0.29) is 6.04 Å². The molecule has 3 atom stereocenters. The molecule has 104 valence electrons. The van der Waals surface area contributed by atoms with Crippen molar-refractivity contribution in [3.8, 4) is 0 Å². The maximum atomic E-state index is 11.9. The maximum absolute atomic E-state index is 11.9. The normalized spacial score (nSPS) is 33.4. The van der Waals surface area contributed by atoms with E-state index in [9.17, 15) is 4.79 Å². The zero-order valence-electron chi connectivity index (χ0n) is 12.1. The molecule has 3 unspecified atom stereocenters. The Labute approximate surface area is 111 Å². The van der Waals surface area contributed by atoms with Gasteiger partial charge in [0.2, 0.25) is 5.91 Å². The van der Waals surface area contributed by atoms with E-state index in [0.29, 0.717) is 11.9 Å². The summed E-state index contributed by atoms with van der Waals surface area (Å²) in [5.41, 5.74) is 0. The molecule has 1 saturated heterocycles. The summed E-state index contributed by atoms with van der Waals surface area (Å²) < 4.78 is 0. The zero-order valence-corrected chi connectivity index (χ0v) is 12.1. The van der Waals surface area contributed by atoms with Crippen molar-refractivity contribution in [3.05, 3.63) is 0 Å². The van der Waals surface area contributed by atoms with Gasteiger partial charge in [-0.1, -0.05) is 26.7 Å². The van der Waals surface area contributed by atoms with Crippen LogP contribution < -0.4 is 5.32 Å². The average Bonchev–Trinajstić information content (AvgIpc) is 2.61. The predicted molar refractivity (Wildman–Crippen MR) is 74.4 cm³/mol. The molecule has 1 amide bonds. The summed E-state index contributed by atoms with van der Waals surface area (Å²) in [6.45, 7) is 5.54. The lowest BCUT2D eigenvalue weighted by Crippen LogP contribution is -2.45. The van der Waals surface area contributed by atoms with Crippen molar-refractivity contribution in [1.82, 2.24) is 10.2 Å². The van der Waals surface area contributed by atoms with E-state index in [1.54, 1.807) is 0 Å². The second-order valence-electron chi connectivity index (χ2n) is 6.63. The van der Waals surface area contributed by atoms with Crippen LogP contribution in [0.4, 0.5) is 0 Å². The Morgan fingerprint density at radius 1 is 1.33 bits per heavy atom. The van der Waals surface area contributed by atoms with Crippen LogP contribution >= 0.6 is 0 Å². The summed E-state index contributed by atoms with van der Waals surface area (Å²) in [7, 11) is 1.91. The molecule has 3 nitrogen and oxygen atoms in total. The van der Waals surface area contributed by atoms with E-state index in [1.165, 1.54) is 32.1 Å². The van der Waals surface area contributed by atoms with E-state index >= 15 is 0 Å². The Morgan fingerprint density at radius 2 is 2.11 bits per heavy atom. The van der Waals surface area contributed by atoms with Gasteiger partial charge in [0, 0.05) is 19.6 Å². The number of hydrogen-bond donors (Lipinski definition) is 1. The van der Waals surface area contributed by atoms with Crippen LogP contribution in [0, 0.1) is 11.8 Å². The van der Waals surface area contributed by atoms with Gasteiger partial charge >= 0.3 is 0 Å². The lowest BCUT2D eigenvalue weighted by Gasteiger charge is -2.32. The Hall–Kier alpha value is -0.570. The number of carbonyl (C=O) groups excluding carboxylic acids is 1. The van der Waals surface area contributed by atoms with Gasteiger partial charge < -0.3 is 10.2 Å². The third kappa shape index (κ3) is 3.47. The predicted octanol–water partition coefficient (Wildman–Crippen LogP) is 2.41. The monoisotopic (exact) mass is 252 g/mol. The first-order valence-corrected chi connectivity index (χ1v) is 7.57. The highest BCUT2D eigenvalue weighted by Crippen LogP contribution is 2.30. The fourth-order valence-corrected chi connectivity index (χ4v) is 3.58. The van der Waals surface area contributed by atoms with Crippen molar-refractivity contribution in [1.29, 1.82) is 0 Å². The molecule has 0 aromatic rings. The number of rotatable bonds is 4. The van der Waals surface area contributed by atoms with Crippen molar-refractivity contribution in [2.24, 2.45) is 11.8 Å². The van der Waals surface area contributed by atoms with Crippen molar-refractivity contribution in [2.45, 2.75) is 64.5 Å².